The van der Waals surface area contributed by atoms with Gasteiger partial charge in [-0.15, -0.1) is 0 Å². The molecule has 2 aromatic carbocycles. The van der Waals surface area contributed by atoms with E-state index in [1.54, 1.807) is 44.2 Å². The van der Waals surface area contributed by atoms with E-state index in [0.717, 1.165) is 5.56 Å². The number of benzene rings is 2. The Kier molecular flexibility index (Phi) is 14.5. The van der Waals surface area contributed by atoms with E-state index in [0.29, 0.717) is 18.4 Å². The average Bonchev–Trinajstić information content (AvgIpc) is 2.97. The molecular weight excluding hydrogens is 554 g/mol. The second-order valence-electron chi connectivity index (χ2n) is 10.5. The number of nitrogens with one attached hydrogen (secondary N) is 4. The summed E-state index contributed by atoms with van der Waals surface area (Å²) in [7, 11) is 0. The number of amides is 4. The summed E-state index contributed by atoms with van der Waals surface area (Å²) in [5.41, 5.74) is 12.4. The highest BCUT2D eigenvalue weighted by Crippen LogP contribution is 2.09. The molecule has 2 rings (SSSR count). The zero-order valence-corrected chi connectivity index (χ0v) is 24.5. The summed E-state index contributed by atoms with van der Waals surface area (Å²) in [6.45, 7) is 3.39. The first-order chi connectivity index (χ1) is 20.5. The van der Waals surface area contributed by atoms with Crippen LogP contribution in [0.4, 0.5) is 4.79 Å². The highest BCUT2D eigenvalue weighted by molar-refractivity contribution is 5.92. The van der Waals surface area contributed by atoms with Crippen LogP contribution in [-0.2, 0) is 27.2 Å². The number of aliphatic imine (C=N–C) groups is 1. The molecule has 0 saturated heterocycles. The highest BCUT2D eigenvalue weighted by atomic mass is 16.4. The Labute approximate surface area is 251 Å². The van der Waals surface area contributed by atoms with Crippen LogP contribution in [0.2, 0.25) is 0 Å². The second-order valence-corrected chi connectivity index (χ2v) is 10.5. The van der Waals surface area contributed by atoms with Crippen LogP contribution in [0.25, 0.3) is 0 Å². The van der Waals surface area contributed by atoms with Crippen LogP contribution in [0.1, 0.15) is 37.8 Å². The lowest BCUT2D eigenvalue weighted by atomic mass is 10.0. The number of carboxylic acids is 1. The van der Waals surface area contributed by atoms with E-state index in [1.165, 1.54) is 0 Å². The number of aliphatic carboxylic acids is 1. The van der Waals surface area contributed by atoms with E-state index in [-0.39, 0.29) is 37.9 Å². The van der Waals surface area contributed by atoms with Gasteiger partial charge >= 0.3 is 12.0 Å². The molecule has 0 spiro atoms. The summed E-state index contributed by atoms with van der Waals surface area (Å²) in [6.07, 6.45) is 0.845. The molecule has 4 amide bonds. The van der Waals surface area contributed by atoms with Crippen molar-refractivity contribution in [2.45, 2.75) is 63.7 Å². The predicted octanol–water partition coefficient (Wildman–Crippen LogP) is 0.264. The van der Waals surface area contributed by atoms with Gasteiger partial charge in [-0.2, -0.15) is 0 Å². The van der Waals surface area contributed by atoms with Crippen LogP contribution in [0.5, 0.6) is 0 Å². The predicted molar refractivity (Wildman–Crippen MR) is 163 cm³/mol. The van der Waals surface area contributed by atoms with E-state index < -0.39 is 48.0 Å². The maximum Gasteiger partial charge on any atom is 0.326 e. The van der Waals surface area contributed by atoms with E-state index in [4.69, 9.17) is 11.5 Å². The maximum absolute atomic E-state index is 13.4. The van der Waals surface area contributed by atoms with Crippen molar-refractivity contribution < 1.29 is 29.4 Å². The molecule has 4 atom stereocenters. The van der Waals surface area contributed by atoms with Crippen molar-refractivity contribution in [3.8, 4) is 0 Å². The Morgan fingerprint density at radius 2 is 1.35 bits per heavy atom. The monoisotopic (exact) mass is 597 g/mol. The summed E-state index contributed by atoms with van der Waals surface area (Å²) in [4.78, 5) is 55.2. The smallest absolute Gasteiger partial charge is 0.326 e. The number of hydrogen-bond donors (Lipinski definition) is 8. The minimum atomic E-state index is -1.25. The third-order valence-corrected chi connectivity index (χ3v) is 6.59. The van der Waals surface area contributed by atoms with Gasteiger partial charge < -0.3 is 42.9 Å². The molecule has 0 bridgehead atoms. The van der Waals surface area contributed by atoms with Gasteiger partial charge in [0.1, 0.15) is 18.1 Å². The van der Waals surface area contributed by atoms with Crippen molar-refractivity contribution in [3.05, 3.63) is 71.8 Å². The number of guanidine groups is 1. The Morgan fingerprint density at radius 3 is 1.86 bits per heavy atom. The summed E-state index contributed by atoms with van der Waals surface area (Å²) in [5, 5.41) is 30.0. The number of carbonyl (C=O) groups is 4. The summed E-state index contributed by atoms with van der Waals surface area (Å²) in [5.74, 6) is -2.83. The number of carboxylic acid groups (broad SMARTS) is 1. The van der Waals surface area contributed by atoms with Gasteiger partial charge in [0.2, 0.25) is 11.8 Å². The topological polar surface area (TPSA) is 221 Å². The number of aliphatic hydroxyl groups excluding tert-OH is 1. The van der Waals surface area contributed by atoms with Gasteiger partial charge in [0, 0.05) is 13.0 Å². The molecule has 234 valence electrons. The quantitative estimate of drug-likeness (QED) is 0.0716. The maximum atomic E-state index is 13.4. The molecule has 43 heavy (non-hydrogen) atoms. The molecule has 3 unspecified atom stereocenters. The number of rotatable bonds is 17. The van der Waals surface area contributed by atoms with Gasteiger partial charge in [-0.3, -0.25) is 14.6 Å². The molecule has 0 aromatic heterocycles. The normalized spacial score (nSPS) is 13.6. The molecule has 0 saturated carbocycles. The lowest BCUT2D eigenvalue weighted by Gasteiger charge is -2.27. The molecule has 0 fully saturated rings. The Bertz CT molecular complexity index is 1210. The molecule has 0 radical (unpaired) electrons. The Hall–Kier alpha value is -4.65. The fourth-order valence-corrected chi connectivity index (χ4v) is 4.32. The fraction of sp³-hybridized carbons (Fsp3) is 0.433. The van der Waals surface area contributed by atoms with Crippen molar-refractivity contribution in [1.82, 2.24) is 21.3 Å². The van der Waals surface area contributed by atoms with Crippen molar-refractivity contribution in [2.24, 2.45) is 22.4 Å². The number of carbonyl (C=O) groups excluding carboxylic acids is 3. The largest absolute Gasteiger partial charge is 0.480 e. The Balaban J connectivity index is 2.12. The van der Waals surface area contributed by atoms with Crippen LogP contribution in [0.3, 0.4) is 0 Å². The molecule has 0 aliphatic heterocycles. The van der Waals surface area contributed by atoms with Gasteiger partial charge in [0.15, 0.2) is 5.96 Å². The van der Waals surface area contributed by atoms with Gasteiger partial charge in [0.25, 0.3) is 0 Å². The number of aliphatic hydroxyl groups is 1. The first kappa shape index (κ1) is 34.6. The van der Waals surface area contributed by atoms with Crippen molar-refractivity contribution >= 4 is 29.8 Å². The minimum Gasteiger partial charge on any atom is -0.480 e. The van der Waals surface area contributed by atoms with Gasteiger partial charge in [-0.25, -0.2) is 9.59 Å². The highest BCUT2D eigenvalue weighted by Gasteiger charge is 2.30. The van der Waals surface area contributed by atoms with Gasteiger partial charge in [-0.1, -0.05) is 74.5 Å². The second kappa shape index (κ2) is 18.0. The molecule has 0 aliphatic rings. The third-order valence-electron chi connectivity index (χ3n) is 6.59. The van der Waals surface area contributed by atoms with Gasteiger partial charge in [-0.05, 0) is 36.3 Å². The molecular formula is C30H43N7O6. The third kappa shape index (κ3) is 12.8. The van der Waals surface area contributed by atoms with Crippen molar-refractivity contribution in [1.29, 1.82) is 0 Å². The van der Waals surface area contributed by atoms with E-state index in [9.17, 15) is 29.4 Å². The van der Waals surface area contributed by atoms with Gasteiger partial charge in [0.05, 0.1) is 12.6 Å². The molecule has 13 nitrogen and oxygen atoms in total. The number of hydrogen-bond acceptors (Lipinski definition) is 6. The van der Waals surface area contributed by atoms with E-state index >= 15 is 0 Å². The minimum absolute atomic E-state index is 0.0372. The zero-order chi connectivity index (χ0) is 31.8. The molecule has 2 aromatic rings. The Morgan fingerprint density at radius 1 is 0.791 bits per heavy atom. The van der Waals surface area contributed by atoms with Crippen molar-refractivity contribution in [3.63, 3.8) is 0 Å². The molecule has 13 heteroatoms. The van der Waals surface area contributed by atoms with Crippen molar-refractivity contribution in [2.75, 3.05) is 13.2 Å². The summed E-state index contributed by atoms with van der Waals surface area (Å²) >= 11 is 0. The van der Waals surface area contributed by atoms with Crippen LogP contribution < -0.4 is 32.7 Å². The molecule has 0 heterocycles. The SMILES string of the molecule is CC(C)C(NC(=O)C(CCCN=C(N)N)NC(=O)NC(Cc1ccccc1)C(=O)O)C(=O)N[C@H](CO)Cc1ccccc1. The first-order valence-corrected chi connectivity index (χ1v) is 14.1. The summed E-state index contributed by atoms with van der Waals surface area (Å²) in [6, 6.07) is 13.4. The van der Waals surface area contributed by atoms with Crippen LogP contribution in [0, 0.1) is 5.92 Å². The average molecular weight is 598 g/mol. The van der Waals surface area contributed by atoms with Crippen LogP contribution in [0.15, 0.2) is 65.7 Å². The summed E-state index contributed by atoms with van der Waals surface area (Å²) < 4.78 is 0. The lowest BCUT2D eigenvalue weighted by molar-refractivity contribution is -0.139. The first-order valence-electron chi connectivity index (χ1n) is 14.1. The van der Waals surface area contributed by atoms with Crippen LogP contribution in [-0.4, -0.2) is 77.3 Å². The fourth-order valence-electron chi connectivity index (χ4n) is 4.32. The zero-order valence-electron chi connectivity index (χ0n) is 24.5. The number of nitrogens with zero attached hydrogens (tertiary/aromatic N) is 1. The number of urea groups is 1. The molecule has 0 aliphatic carbocycles. The standard InChI is InChI=1S/C30H43N7O6/c1-19(2)25(27(40)34-22(18-38)16-20-10-5-3-6-11-20)37-26(39)23(14-9-15-33-29(31)32)35-30(43)36-24(28(41)42)17-21-12-7-4-8-13-21/h3-8,10-13,19,22-25,38H,9,14-18H2,1-2H3,(H,34,40)(H,37,39)(H,41,42)(H4,31,32,33)(H2,35,36,43)/t22-,23?,24?,25?/m0/s1. The lowest BCUT2D eigenvalue weighted by Crippen LogP contribution is -2.58. The molecule has 10 N–H and O–H groups in total. The number of nitrogens with two attached hydrogens (primary N) is 2. The van der Waals surface area contributed by atoms with E-state index in [1.807, 2.05) is 30.3 Å². The van der Waals surface area contributed by atoms with E-state index in [2.05, 4.69) is 26.3 Å². The van der Waals surface area contributed by atoms with Crippen LogP contribution >= 0.6 is 0 Å².